The Morgan fingerprint density at radius 3 is 1.73 bits per heavy atom. The molecule has 0 spiro atoms. The fraction of sp³-hybridized carbons (Fsp3) is 0.473. The third-order valence-corrected chi connectivity index (χ3v) is 13.1. The first-order valence-corrected chi connectivity index (χ1v) is 26.8. The predicted molar refractivity (Wildman–Crippen MR) is 297 cm³/mol. The molecule has 1 saturated heterocycles. The molecule has 1 aliphatic heterocycles. The molecule has 25 nitrogen and oxygen atoms in total. The molecule has 0 bridgehead atoms. The SMILES string of the molecule is CCOc1ccc(C[C@@H](NC(=O)CCc2ccccc2)C(=O)N[C@@H](Cc2ccccc2)C(=O)N[C@@H](CCC(N)=O)C(=O)N[C@@H](CC(N)=O)C(=O)N[C@@H](CCCCN)C(=O)N2CCC[C@H]2C(=O)N[C@@H](CCCN=C(N)N)C(N)=O)cc1. The molecular weight excluding hydrogens is 1030 g/mol. The van der Waals surface area contributed by atoms with Gasteiger partial charge < -0.3 is 75.9 Å². The second-order valence-electron chi connectivity index (χ2n) is 19.4. The molecule has 7 atom stereocenters. The summed E-state index contributed by atoms with van der Waals surface area (Å²) in [5.41, 5.74) is 35.4. The summed E-state index contributed by atoms with van der Waals surface area (Å²) in [5.74, 6) is -7.75. The van der Waals surface area contributed by atoms with E-state index in [1.807, 2.05) is 37.3 Å². The number of likely N-dealkylation sites (tertiary alicyclic amines) is 1. The molecule has 0 saturated carbocycles. The average Bonchev–Trinajstić information content (AvgIpc) is 3.92. The van der Waals surface area contributed by atoms with Gasteiger partial charge in [-0.15, -0.1) is 0 Å². The summed E-state index contributed by atoms with van der Waals surface area (Å²) < 4.78 is 5.58. The molecule has 10 amide bonds. The van der Waals surface area contributed by atoms with Gasteiger partial charge >= 0.3 is 0 Å². The van der Waals surface area contributed by atoms with Crippen LogP contribution in [0.4, 0.5) is 0 Å². The molecule has 3 aromatic carbocycles. The van der Waals surface area contributed by atoms with Crippen LogP contribution in [0.3, 0.4) is 0 Å². The van der Waals surface area contributed by atoms with Gasteiger partial charge in [0.25, 0.3) is 0 Å². The van der Waals surface area contributed by atoms with Crippen LogP contribution >= 0.6 is 0 Å². The number of carbonyl (C=O) groups excluding carboxylic acids is 10. The smallest absolute Gasteiger partial charge is 0.245 e. The first kappa shape index (κ1) is 63.9. The van der Waals surface area contributed by atoms with Crippen LogP contribution < -0.4 is 71.0 Å². The number of ether oxygens (including phenoxy) is 1. The van der Waals surface area contributed by atoms with Crippen LogP contribution in [0.2, 0.25) is 0 Å². The van der Waals surface area contributed by atoms with Gasteiger partial charge in [0.05, 0.1) is 13.0 Å². The Labute approximate surface area is 465 Å². The molecule has 0 radical (unpaired) electrons. The van der Waals surface area contributed by atoms with E-state index in [9.17, 15) is 47.9 Å². The van der Waals surface area contributed by atoms with Gasteiger partial charge in [0.1, 0.15) is 48.0 Å². The van der Waals surface area contributed by atoms with Crippen LogP contribution in [-0.2, 0) is 67.2 Å². The number of aliphatic imine (C=N–C) groups is 1. The van der Waals surface area contributed by atoms with Crippen molar-refractivity contribution in [2.75, 3.05) is 26.2 Å². The van der Waals surface area contributed by atoms with Crippen LogP contribution in [0.25, 0.3) is 0 Å². The highest BCUT2D eigenvalue weighted by Gasteiger charge is 2.40. The van der Waals surface area contributed by atoms with E-state index in [1.54, 1.807) is 54.6 Å². The second-order valence-corrected chi connectivity index (χ2v) is 19.4. The number of guanidine groups is 1. The Bertz CT molecular complexity index is 2590. The predicted octanol–water partition coefficient (Wildman–Crippen LogP) is -1.79. The lowest BCUT2D eigenvalue weighted by molar-refractivity contribution is -0.142. The molecule has 1 fully saturated rings. The van der Waals surface area contributed by atoms with Crippen molar-refractivity contribution in [3.8, 4) is 5.75 Å². The number of primary amides is 3. The van der Waals surface area contributed by atoms with E-state index in [-0.39, 0.29) is 64.1 Å². The van der Waals surface area contributed by atoms with Crippen LogP contribution in [0.15, 0.2) is 89.9 Å². The minimum atomic E-state index is -1.75. The molecule has 25 heteroatoms. The lowest BCUT2D eigenvalue weighted by atomic mass is 10.0. The number of nitrogens with zero attached hydrogens (tertiary/aromatic N) is 2. The standard InChI is InChI=1S/C55H78N14O11/c1-2-80-37-23-20-36(21-24-37)32-41(63-47(72)27-22-34-13-5-3-6-14-34)50(75)67-42(31-35-15-7-4-8-16-35)51(76)65-39(25-26-45(57)70)49(74)68-43(33-46(58)71)52(77)66-40(17-9-10-28-56)54(79)69-30-12-19-44(69)53(78)64-38(48(59)73)18-11-29-62-55(60)61/h3-8,13-16,20-21,23-24,38-44H,2,9-12,17-19,22,25-33,56H2,1H3,(H2,57,70)(H2,58,71)(H2,59,73)(H,63,72)(H,64,78)(H,65,76)(H,66,77)(H,67,75)(H,68,74)(H4,60,61,62)/t38-,39-,40-,41+,42-,43-,44-/m0/s1. The molecule has 0 aliphatic carbocycles. The zero-order valence-corrected chi connectivity index (χ0v) is 45.2. The summed E-state index contributed by atoms with van der Waals surface area (Å²) >= 11 is 0. The van der Waals surface area contributed by atoms with Crippen molar-refractivity contribution < 1.29 is 52.7 Å². The second kappa shape index (κ2) is 33.6. The number of nitrogens with one attached hydrogen (secondary N) is 6. The largest absolute Gasteiger partial charge is 0.494 e. The van der Waals surface area contributed by atoms with Gasteiger partial charge in [-0.1, -0.05) is 72.8 Å². The molecule has 4 rings (SSSR count). The molecule has 0 aromatic heterocycles. The van der Waals surface area contributed by atoms with Crippen LogP contribution in [0.1, 0.15) is 94.2 Å². The van der Waals surface area contributed by atoms with Crippen LogP contribution in [0.5, 0.6) is 5.75 Å². The van der Waals surface area contributed by atoms with E-state index in [0.29, 0.717) is 55.6 Å². The fourth-order valence-electron chi connectivity index (χ4n) is 8.93. The number of nitrogens with two attached hydrogens (primary N) is 6. The molecular formula is C55H78N14O11. The third-order valence-electron chi connectivity index (χ3n) is 13.1. The summed E-state index contributed by atoms with van der Waals surface area (Å²) in [7, 11) is 0. The highest BCUT2D eigenvalue weighted by molar-refractivity contribution is 5.99. The number of benzene rings is 3. The molecule has 80 heavy (non-hydrogen) atoms. The monoisotopic (exact) mass is 1110 g/mol. The maximum Gasteiger partial charge on any atom is 0.245 e. The summed E-state index contributed by atoms with van der Waals surface area (Å²) in [6.45, 7) is 2.79. The van der Waals surface area contributed by atoms with Crippen molar-refractivity contribution in [3.05, 3.63) is 102 Å². The number of hydrogen-bond acceptors (Lipinski definition) is 13. The van der Waals surface area contributed by atoms with Gasteiger partial charge in [-0.25, -0.2) is 0 Å². The van der Waals surface area contributed by atoms with E-state index in [1.165, 1.54) is 4.90 Å². The number of amides is 10. The fourth-order valence-corrected chi connectivity index (χ4v) is 8.93. The number of carbonyl (C=O) groups is 10. The lowest BCUT2D eigenvalue weighted by Crippen LogP contribution is -2.60. The van der Waals surface area contributed by atoms with Gasteiger partial charge in [-0.3, -0.25) is 52.9 Å². The molecule has 1 heterocycles. The van der Waals surface area contributed by atoms with Gasteiger partial charge in [0, 0.05) is 38.8 Å². The Morgan fingerprint density at radius 1 is 0.588 bits per heavy atom. The topological polar surface area (TPSA) is 424 Å². The lowest BCUT2D eigenvalue weighted by Gasteiger charge is -2.31. The molecule has 0 unspecified atom stereocenters. The van der Waals surface area contributed by atoms with Crippen molar-refractivity contribution in [2.24, 2.45) is 39.4 Å². The Hall–Kier alpha value is -8.61. The summed E-state index contributed by atoms with van der Waals surface area (Å²) in [4.78, 5) is 141. The molecule has 3 aromatic rings. The zero-order chi connectivity index (χ0) is 58.6. The molecule has 1 aliphatic rings. The third kappa shape index (κ3) is 22.4. The highest BCUT2D eigenvalue weighted by atomic mass is 16.5. The molecule has 434 valence electrons. The summed E-state index contributed by atoms with van der Waals surface area (Å²) in [5, 5.41) is 15.8. The molecule has 18 N–H and O–H groups in total. The van der Waals surface area contributed by atoms with E-state index < -0.39 is 121 Å². The van der Waals surface area contributed by atoms with E-state index >= 15 is 0 Å². The highest BCUT2D eigenvalue weighted by Crippen LogP contribution is 2.21. The van der Waals surface area contributed by atoms with Gasteiger partial charge in [-0.05, 0) is 100 Å². The Balaban J connectivity index is 1.58. The maximum absolute atomic E-state index is 14.5. The Kier molecular flexibility index (Phi) is 26.9. The van der Waals surface area contributed by atoms with Crippen molar-refractivity contribution in [3.63, 3.8) is 0 Å². The number of rotatable bonds is 35. The number of unbranched alkanes of at least 4 members (excludes halogenated alkanes) is 1. The first-order valence-electron chi connectivity index (χ1n) is 26.8. The van der Waals surface area contributed by atoms with Gasteiger partial charge in [0.2, 0.25) is 59.1 Å². The minimum absolute atomic E-state index is 0.0103. The normalized spacial score (nSPS) is 15.0. The quantitative estimate of drug-likeness (QED) is 0.0176. The van der Waals surface area contributed by atoms with Gasteiger partial charge in [0.15, 0.2) is 5.96 Å². The number of aryl methyl sites for hydroxylation is 1. The minimum Gasteiger partial charge on any atom is -0.494 e. The number of hydrogen-bond donors (Lipinski definition) is 12. The van der Waals surface area contributed by atoms with Crippen molar-refractivity contribution in [1.82, 2.24) is 36.8 Å². The summed E-state index contributed by atoms with van der Waals surface area (Å²) in [6.07, 6.45) is 0.479. The summed E-state index contributed by atoms with van der Waals surface area (Å²) in [6, 6.07) is 15.4. The van der Waals surface area contributed by atoms with E-state index in [2.05, 4.69) is 36.9 Å². The zero-order valence-electron chi connectivity index (χ0n) is 45.2. The van der Waals surface area contributed by atoms with E-state index in [0.717, 1.165) is 5.56 Å². The van der Waals surface area contributed by atoms with Crippen LogP contribution in [-0.4, -0.2) is 138 Å². The van der Waals surface area contributed by atoms with Gasteiger partial charge in [-0.2, -0.15) is 0 Å². The van der Waals surface area contributed by atoms with Crippen LogP contribution in [0, 0.1) is 0 Å². The first-order chi connectivity index (χ1) is 38.3. The average molecular weight is 1110 g/mol. The van der Waals surface area contributed by atoms with Crippen molar-refractivity contribution in [2.45, 2.75) is 139 Å². The maximum atomic E-state index is 14.5. The van der Waals surface area contributed by atoms with E-state index in [4.69, 9.17) is 39.1 Å². The van der Waals surface area contributed by atoms with Crippen molar-refractivity contribution >= 4 is 65.0 Å². The van der Waals surface area contributed by atoms with Crippen molar-refractivity contribution in [1.29, 1.82) is 0 Å². The Morgan fingerprint density at radius 2 is 1.14 bits per heavy atom.